The molecule has 1 unspecified atom stereocenters. The van der Waals surface area contributed by atoms with Crippen molar-refractivity contribution in [3.05, 3.63) is 34.6 Å². The maximum Gasteiger partial charge on any atom is 0.127 e. The van der Waals surface area contributed by atoms with E-state index in [-0.39, 0.29) is 5.82 Å². The lowest BCUT2D eigenvalue weighted by atomic mass is 9.92. The van der Waals surface area contributed by atoms with Crippen molar-refractivity contribution in [1.29, 1.82) is 0 Å². The van der Waals surface area contributed by atoms with Gasteiger partial charge in [-0.05, 0) is 42.4 Å². The molecular weight excluding hydrogens is 246 g/mol. The molecule has 3 heteroatoms. The molecule has 0 heterocycles. The second-order valence-corrected chi connectivity index (χ2v) is 5.33. The van der Waals surface area contributed by atoms with E-state index in [2.05, 4.69) is 13.8 Å². The van der Waals surface area contributed by atoms with Gasteiger partial charge in [0.2, 0.25) is 0 Å². The predicted octanol–water partition coefficient (Wildman–Crippen LogP) is 4.92. The zero-order valence-electron chi connectivity index (χ0n) is 9.64. The molecule has 0 saturated carbocycles. The number of benzene rings is 1. The second-order valence-electron chi connectivity index (χ2n) is 4.59. The zero-order valence-corrected chi connectivity index (χ0v) is 11.2. The van der Waals surface area contributed by atoms with Gasteiger partial charge in [0.15, 0.2) is 0 Å². The van der Waals surface area contributed by atoms with Gasteiger partial charge in [0.1, 0.15) is 5.82 Å². The van der Waals surface area contributed by atoms with Gasteiger partial charge < -0.3 is 0 Å². The van der Waals surface area contributed by atoms with Crippen LogP contribution in [0, 0.1) is 17.7 Å². The van der Waals surface area contributed by atoms with Gasteiger partial charge in [0, 0.05) is 10.9 Å². The Morgan fingerprint density at radius 3 is 2.50 bits per heavy atom. The van der Waals surface area contributed by atoms with Crippen LogP contribution in [-0.2, 0) is 6.42 Å². The summed E-state index contributed by atoms with van der Waals surface area (Å²) in [5, 5.41) is 0.438. The molecule has 0 aliphatic rings. The van der Waals surface area contributed by atoms with Gasteiger partial charge >= 0.3 is 0 Å². The van der Waals surface area contributed by atoms with Crippen molar-refractivity contribution in [2.24, 2.45) is 11.8 Å². The Kier molecular flexibility index (Phi) is 5.57. The van der Waals surface area contributed by atoms with Gasteiger partial charge in [-0.2, -0.15) is 0 Å². The fourth-order valence-electron chi connectivity index (χ4n) is 1.87. The monoisotopic (exact) mass is 262 g/mol. The second kappa shape index (κ2) is 6.46. The largest absolute Gasteiger partial charge is 0.207 e. The molecule has 0 aliphatic carbocycles. The SMILES string of the molecule is CC(C)CC(CCl)Cc1ccc(Cl)cc1F. The van der Waals surface area contributed by atoms with Crippen LogP contribution in [0.1, 0.15) is 25.8 Å². The van der Waals surface area contributed by atoms with Gasteiger partial charge in [-0.25, -0.2) is 4.39 Å². The molecule has 90 valence electrons. The molecule has 0 radical (unpaired) electrons. The van der Waals surface area contributed by atoms with Crippen LogP contribution in [-0.4, -0.2) is 5.88 Å². The van der Waals surface area contributed by atoms with Crippen molar-refractivity contribution in [3.63, 3.8) is 0 Å². The molecule has 0 N–H and O–H groups in total. The summed E-state index contributed by atoms with van der Waals surface area (Å²) in [6.45, 7) is 4.30. The lowest BCUT2D eigenvalue weighted by Gasteiger charge is -2.16. The van der Waals surface area contributed by atoms with Crippen molar-refractivity contribution in [2.45, 2.75) is 26.7 Å². The summed E-state index contributed by atoms with van der Waals surface area (Å²) in [4.78, 5) is 0. The number of halogens is 3. The van der Waals surface area contributed by atoms with Crippen molar-refractivity contribution >= 4 is 23.2 Å². The molecule has 0 nitrogen and oxygen atoms in total. The van der Waals surface area contributed by atoms with Crippen LogP contribution in [0.15, 0.2) is 18.2 Å². The lowest BCUT2D eigenvalue weighted by Crippen LogP contribution is -2.10. The van der Waals surface area contributed by atoms with Crippen LogP contribution < -0.4 is 0 Å². The van der Waals surface area contributed by atoms with E-state index in [1.54, 1.807) is 12.1 Å². The van der Waals surface area contributed by atoms with Crippen LogP contribution in [0.2, 0.25) is 5.02 Å². The summed E-state index contributed by atoms with van der Waals surface area (Å²) in [6.07, 6.45) is 1.70. The number of alkyl halides is 1. The molecule has 1 rings (SSSR count). The fraction of sp³-hybridized carbons (Fsp3) is 0.538. The standard InChI is InChI=1S/C13H17Cl2F/c1-9(2)5-10(8-14)6-11-3-4-12(15)7-13(11)16/h3-4,7,9-10H,5-6,8H2,1-2H3. The van der Waals surface area contributed by atoms with E-state index < -0.39 is 0 Å². The molecule has 0 aliphatic heterocycles. The average molecular weight is 263 g/mol. The number of hydrogen-bond donors (Lipinski definition) is 0. The first-order chi connectivity index (χ1) is 7.52. The Balaban J connectivity index is 2.70. The summed E-state index contributed by atoms with van der Waals surface area (Å²) >= 11 is 11.6. The quantitative estimate of drug-likeness (QED) is 0.661. The summed E-state index contributed by atoms with van der Waals surface area (Å²) < 4.78 is 13.6. The molecule has 16 heavy (non-hydrogen) atoms. The van der Waals surface area contributed by atoms with Crippen molar-refractivity contribution < 1.29 is 4.39 Å². The van der Waals surface area contributed by atoms with E-state index >= 15 is 0 Å². The van der Waals surface area contributed by atoms with Gasteiger partial charge in [-0.1, -0.05) is 31.5 Å². The Bertz CT molecular complexity index is 337. The fourth-order valence-corrected chi connectivity index (χ4v) is 2.26. The zero-order chi connectivity index (χ0) is 12.1. The molecule has 0 bridgehead atoms. The minimum Gasteiger partial charge on any atom is -0.207 e. The number of rotatable bonds is 5. The topological polar surface area (TPSA) is 0 Å². The van der Waals surface area contributed by atoms with Crippen LogP contribution in [0.25, 0.3) is 0 Å². The lowest BCUT2D eigenvalue weighted by molar-refractivity contribution is 0.434. The molecule has 0 saturated heterocycles. The van der Waals surface area contributed by atoms with Gasteiger partial charge in [-0.3, -0.25) is 0 Å². The third kappa shape index (κ3) is 4.31. The highest BCUT2D eigenvalue weighted by Gasteiger charge is 2.13. The predicted molar refractivity (Wildman–Crippen MR) is 68.8 cm³/mol. The van der Waals surface area contributed by atoms with Crippen LogP contribution in [0.3, 0.4) is 0 Å². The van der Waals surface area contributed by atoms with E-state index in [9.17, 15) is 4.39 Å². The molecule has 0 aromatic heterocycles. The maximum atomic E-state index is 13.6. The highest BCUT2D eigenvalue weighted by Crippen LogP contribution is 2.22. The molecule has 1 atom stereocenters. The third-order valence-corrected chi connectivity index (χ3v) is 3.22. The van der Waals surface area contributed by atoms with E-state index in [1.165, 1.54) is 6.07 Å². The first-order valence-electron chi connectivity index (χ1n) is 5.52. The van der Waals surface area contributed by atoms with E-state index in [0.717, 1.165) is 6.42 Å². The normalized spacial score (nSPS) is 13.1. The highest BCUT2D eigenvalue weighted by molar-refractivity contribution is 6.30. The van der Waals surface area contributed by atoms with Crippen LogP contribution >= 0.6 is 23.2 Å². The van der Waals surface area contributed by atoms with Crippen LogP contribution in [0.5, 0.6) is 0 Å². The van der Waals surface area contributed by atoms with Gasteiger partial charge in [0.25, 0.3) is 0 Å². The summed E-state index contributed by atoms with van der Waals surface area (Å²) in [5.74, 6) is 1.25. The highest BCUT2D eigenvalue weighted by atomic mass is 35.5. The Morgan fingerprint density at radius 2 is 2.00 bits per heavy atom. The summed E-state index contributed by atoms with van der Waals surface area (Å²) in [6, 6.07) is 4.83. The van der Waals surface area contributed by atoms with E-state index in [1.807, 2.05) is 0 Å². The minimum atomic E-state index is -0.230. The molecule has 0 spiro atoms. The third-order valence-electron chi connectivity index (χ3n) is 2.55. The Morgan fingerprint density at radius 1 is 1.31 bits per heavy atom. The van der Waals surface area contributed by atoms with Crippen LogP contribution in [0.4, 0.5) is 4.39 Å². The summed E-state index contributed by atoms with van der Waals surface area (Å²) in [7, 11) is 0. The molecule has 0 fully saturated rings. The van der Waals surface area contributed by atoms with Crippen molar-refractivity contribution in [2.75, 3.05) is 5.88 Å². The summed E-state index contributed by atoms with van der Waals surface area (Å²) in [5.41, 5.74) is 0.704. The molecule has 1 aromatic carbocycles. The van der Waals surface area contributed by atoms with E-state index in [0.29, 0.717) is 34.7 Å². The van der Waals surface area contributed by atoms with Crippen molar-refractivity contribution in [3.8, 4) is 0 Å². The average Bonchev–Trinajstić information content (AvgIpc) is 2.20. The van der Waals surface area contributed by atoms with Gasteiger partial charge in [0.05, 0.1) is 0 Å². The maximum absolute atomic E-state index is 13.6. The Labute approximate surface area is 107 Å². The minimum absolute atomic E-state index is 0.230. The Hall–Kier alpha value is -0.270. The molecule has 1 aromatic rings. The first-order valence-corrected chi connectivity index (χ1v) is 6.44. The molecular formula is C13H17Cl2F. The van der Waals surface area contributed by atoms with Crippen molar-refractivity contribution in [1.82, 2.24) is 0 Å². The smallest absolute Gasteiger partial charge is 0.127 e. The molecule has 0 amide bonds. The number of hydrogen-bond acceptors (Lipinski definition) is 0. The van der Waals surface area contributed by atoms with Gasteiger partial charge in [-0.15, -0.1) is 11.6 Å². The first kappa shape index (κ1) is 13.8. The van der Waals surface area contributed by atoms with E-state index in [4.69, 9.17) is 23.2 Å².